The van der Waals surface area contributed by atoms with Gasteiger partial charge in [-0.15, -0.1) is 0 Å². The largest absolute Gasteiger partial charge is 0.488 e. The molecule has 0 saturated carbocycles. The van der Waals surface area contributed by atoms with Gasteiger partial charge >= 0.3 is 6.09 Å². The fourth-order valence-electron chi connectivity index (χ4n) is 1.98. The summed E-state index contributed by atoms with van der Waals surface area (Å²) < 4.78 is 25.0. The number of halogens is 2. The molecule has 0 aliphatic rings. The van der Waals surface area contributed by atoms with Crippen molar-refractivity contribution in [3.05, 3.63) is 28.0 Å². The molecule has 2 amide bonds. The van der Waals surface area contributed by atoms with Crippen molar-refractivity contribution in [2.45, 2.75) is 52.2 Å². The third kappa shape index (κ3) is 8.20. The van der Waals surface area contributed by atoms with Crippen LogP contribution in [-0.2, 0) is 9.53 Å². The van der Waals surface area contributed by atoms with Crippen LogP contribution in [0.15, 0.2) is 16.6 Å². The first-order chi connectivity index (χ1) is 11.5. The molecule has 140 valence electrons. The summed E-state index contributed by atoms with van der Waals surface area (Å²) in [6.45, 7) is 6.99. The van der Waals surface area contributed by atoms with Gasteiger partial charge in [0.25, 0.3) is 0 Å². The van der Waals surface area contributed by atoms with Crippen LogP contribution in [0.4, 0.5) is 9.18 Å². The molecule has 0 unspecified atom stereocenters. The first-order valence-electron chi connectivity index (χ1n) is 7.84. The number of alkyl carbamates (subject to hydrolysis) is 1. The number of nitrogens with two attached hydrogens (primary N) is 1. The molecule has 3 N–H and O–H groups in total. The lowest BCUT2D eigenvalue weighted by Gasteiger charge is -2.24. The highest BCUT2D eigenvalue weighted by atomic mass is 79.9. The third-order valence-electron chi connectivity index (χ3n) is 3.04. The Morgan fingerprint density at radius 2 is 2.00 bits per heavy atom. The predicted molar refractivity (Wildman–Crippen MR) is 95.9 cm³/mol. The summed E-state index contributed by atoms with van der Waals surface area (Å²) in [5, 5.41) is 2.62. The van der Waals surface area contributed by atoms with Gasteiger partial charge in [-0.05, 0) is 67.7 Å². The smallest absolute Gasteiger partial charge is 0.407 e. The zero-order chi connectivity index (χ0) is 19.2. The Kier molecular flexibility index (Phi) is 7.66. The van der Waals surface area contributed by atoms with Crippen molar-refractivity contribution in [3.63, 3.8) is 0 Å². The summed E-state index contributed by atoms with van der Waals surface area (Å²) in [5.41, 5.74) is 5.31. The van der Waals surface area contributed by atoms with Gasteiger partial charge < -0.3 is 20.5 Å². The van der Waals surface area contributed by atoms with Crippen LogP contribution in [0.1, 0.15) is 39.2 Å². The van der Waals surface area contributed by atoms with Crippen LogP contribution in [0.25, 0.3) is 0 Å². The van der Waals surface area contributed by atoms with E-state index < -0.39 is 29.5 Å². The summed E-state index contributed by atoms with van der Waals surface area (Å²) in [6, 6.07) is 2.63. The van der Waals surface area contributed by atoms with Crippen LogP contribution in [0.5, 0.6) is 5.75 Å². The van der Waals surface area contributed by atoms with Gasteiger partial charge in [-0.3, -0.25) is 4.79 Å². The zero-order valence-electron chi connectivity index (χ0n) is 14.8. The number of ether oxygens (including phenoxy) is 2. The van der Waals surface area contributed by atoms with Crippen LogP contribution in [0, 0.1) is 12.7 Å². The first kappa shape index (κ1) is 21.2. The van der Waals surface area contributed by atoms with E-state index in [0.29, 0.717) is 0 Å². The van der Waals surface area contributed by atoms with Crippen molar-refractivity contribution in [3.8, 4) is 5.75 Å². The number of amides is 2. The maximum atomic E-state index is 14.1. The number of rotatable bonds is 7. The number of carbonyl (C=O) groups excluding carboxylic acids is 2. The Morgan fingerprint density at radius 3 is 2.56 bits per heavy atom. The quantitative estimate of drug-likeness (QED) is 0.709. The molecule has 8 heteroatoms. The normalized spacial score (nSPS) is 12.4. The SMILES string of the molecule is Cc1cc(Br)c(F)c(OC[C@H](CCC(N)=O)NC(=O)OC(C)(C)C)c1. The Bertz CT molecular complexity index is 632. The van der Waals surface area contributed by atoms with E-state index in [1.807, 2.05) is 0 Å². The molecule has 0 heterocycles. The predicted octanol–water partition coefficient (Wildman–Crippen LogP) is 3.43. The van der Waals surface area contributed by atoms with E-state index in [0.717, 1.165) is 5.56 Å². The number of aryl methyl sites for hydroxylation is 1. The molecule has 1 aromatic carbocycles. The maximum absolute atomic E-state index is 14.1. The van der Waals surface area contributed by atoms with Gasteiger partial charge in [0.1, 0.15) is 12.2 Å². The lowest BCUT2D eigenvalue weighted by Crippen LogP contribution is -2.42. The van der Waals surface area contributed by atoms with Crippen molar-refractivity contribution in [1.82, 2.24) is 5.32 Å². The highest BCUT2D eigenvalue weighted by Crippen LogP contribution is 2.27. The Morgan fingerprint density at radius 1 is 1.36 bits per heavy atom. The highest BCUT2D eigenvalue weighted by molar-refractivity contribution is 9.10. The van der Waals surface area contributed by atoms with Crippen molar-refractivity contribution >= 4 is 27.9 Å². The Balaban J connectivity index is 2.76. The van der Waals surface area contributed by atoms with Gasteiger partial charge in [-0.25, -0.2) is 9.18 Å². The van der Waals surface area contributed by atoms with E-state index in [1.165, 1.54) is 0 Å². The van der Waals surface area contributed by atoms with Crippen LogP contribution < -0.4 is 15.8 Å². The monoisotopic (exact) mass is 418 g/mol. The van der Waals surface area contributed by atoms with E-state index in [1.54, 1.807) is 39.8 Å². The second-order valence-corrected chi connectivity index (χ2v) is 7.57. The Labute approximate surface area is 155 Å². The number of primary amides is 1. The number of hydrogen-bond donors (Lipinski definition) is 2. The topological polar surface area (TPSA) is 90.6 Å². The van der Waals surface area contributed by atoms with Crippen LogP contribution in [-0.4, -0.2) is 30.3 Å². The summed E-state index contributed by atoms with van der Waals surface area (Å²) in [7, 11) is 0. The standard InChI is InChI=1S/C17H24BrFN2O4/c1-10-7-12(18)15(19)13(8-10)24-9-11(5-6-14(20)22)21-16(23)25-17(2,3)4/h7-8,11H,5-6,9H2,1-4H3,(H2,20,22)(H,21,23)/t11-/m0/s1. The molecule has 1 aromatic rings. The minimum Gasteiger partial charge on any atom is -0.488 e. The first-order valence-corrected chi connectivity index (χ1v) is 8.63. The van der Waals surface area contributed by atoms with Crippen LogP contribution in [0.2, 0.25) is 0 Å². The molecule has 0 spiro atoms. The van der Waals surface area contributed by atoms with Gasteiger partial charge in [0.15, 0.2) is 11.6 Å². The molecular formula is C17H24BrFN2O4. The zero-order valence-corrected chi connectivity index (χ0v) is 16.4. The number of hydrogen-bond acceptors (Lipinski definition) is 4. The van der Waals surface area contributed by atoms with Crippen molar-refractivity contribution in [2.75, 3.05) is 6.61 Å². The highest BCUT2D eigenvalue weighted by Gasteiger charge is 2.21. The van der Waals surface area contributed by atoms with E-state index >= 15 is 0 Å². The average molecular weight is 419 g/mol. The average Bonchev–Trinajstić information content (AvgIpc) is 2.44. The lowest BCUT2D eigenvalue weighted by molar-refractivity contribution is -0.118. The fourth-order valence-corrected chi connectivity index (χ4v) is 2.53. The van der Waals surface area contributed by atoms with E-state index in [-0.39, 0.29) is 29.7 Å². The van der Waals surface area contributed by atoms with Crippen molar-refractivity contribution in [1.29, 1.82) is 0 Å². The Hall–Kier alpha value is -1.83. The number of carbonyl (C=O) groups is 2. The molecule has 0 bridgehead atoms. The number of nitrogens with one attached hydrogen (secondary N) is 1. The fraction of sp³-hybridized carbons (Fsp3) is 0.529. The lowest BCUT2D eigenvalue weighted by atomic mass is 10.1. The molecule has 0 saturated heterocycles. The summed E-state index contributed by atoms with van der Waals surface area (Å²) in [5.74, 6) is -0.973. The second kappa shape index (κ2) is 9.03. The van der Waals surface area contributed by atoms with Gasteiger partial charge in [0.2, 0.25) is 5.91 Å². The summed E-state index contributed by atoms with van der Waals surface area (Å²) in [6.07, 6.45) is -0.330. The molecule has 0 radical (unpaired) electrons. The summed E-state index contributed by atoms with van der Waals surface area (Å²) >= 11 is 3.12. The molecule has 1 rings (SSSR count). The summed E-state index contributed by atoms with van der Waals surface area (Å²) in [4.78, 5) is 22.9. The molecule has 6 nitrogen and oxygen atoms in total. The molecule has 25 heavy (non-hydrogen) atoms. The van der Waals surface area contributed by atoms with E-state index in [4.69, 9.17) is 15.2 Å². The molecule has 0 aliphatic carbocycles. The van der Waals surface area contributed by atoms with Crippen molar-refractivity contribution in [2.24, 2.45) is 5.73 Å². The van der Waals surface area contributed by atoms with Crippen LogP contribution >= 0.6 is 15.9 Å². The van der Waals surface area contributed by atoms with Crippen molar-refractivity contribution < 1.29 is 23.5 Å². The third-order valence-corrected chi connectivity index (χ3v) is 3.62. The van der Waals surface area contributed by atoms with Gasteiger partial charge in [0, 0.05) is 6.42 Å². The van der Waals surface area contributed by atoms with E-state index in [9.17, 15) is 14.0 Å². The minimum absolute atomic E-state index is 0.0284. The minimum atomic E-state index is -0.660. The number of benzene rings is 1. The maximum Gasteiger partial charge on any atom is 0.407 e. The molecule has 1 atom stereocenters. The molecule has 0 aromatic heterocycles. The molecular weight excluding hydrogens is 395 g/mol. The van der Waals surface area contributed by atoms with Gasteiger partial charge in [-0.2, -0.15) is 0 Å². The second-order valence-electron chi connectivity index (χ2n) is 6.72. The van der Waals surface area contributed by atoms with Gasteiger partial charge in [0.05, 0.1) is 10.5 Å². The van der Waals surface area contributed by atoms with Gasteiger partial charge in [-0.1, -0.05) is 0 Å². The van der Waals surface area contributed by atoms with E-state index in [2.05, 4.69) is 21.2 Å². The molecule has 0 fully saturated rings. The van der Waals surface area contributed by atoms with Crippen LogP contribution in [0.3, 0.4) is 0 Å². The molecule has 0 aliphatic heterocycles.